The lowest BCUT2D eigenvalue weighted by Crippen LogP contribution is -2.11. The number of hydrogen-bond acceptors (Lipinski definition) is 3. The van der Waals surface area contributed by atoms with Crippen molar-refractivity contribution >= 4 is 33.1 Å². The quantitative estimate of drug-likeness (QED) is 0.766. The zero-order valence-electron chi connectivity index (χ0n) is 11.3. The van der Waals surface area contributed by atoms with Crippen LogP contribution in [0.5, 0.6) is 0 Å². The van der Waals surface area contributed by atoms with Gasteiger partial charge in [-0.05, 0) is 55.3 Å². The van der Waals surface area contributed by atoms with E-state index in [2.05, 4.69) is 16.4 Å². The van der Waals surface area contributed by atoms with Crippen molar-refractivity contribution in [3.8, 4) is 0 Å². The first-order valence-corrected chi connectivity index (χ1v) is 7.23. The lowest BCUT2D eigenvalue weighted by Gasteiger charge is -2.07. The summed E-state index contributed by atoms with van der Waals surface area (Å²) in [6, 6.07) is 11.6. The summed E-state index contributed by atoms with van der Waals surface area (Å²) >= 11 is 1.54. The number of thiazole rings is 1. The van der Waals surface area contributed by atoms with Crippen LogP contribution >= 0.6 is 11.3 Å². The van der Waals surface area contributed by atoms with Crippen LogP contribution < -0.4 is 5.32 Å². The number of amides is 1. The third-order valence-corrected chi connectivity index (χ3v) is 3.86. The number of anilines is 1. The first-order chi connectivity index (χ1) is 9.61. The van der Waals surface area contributed by atoms with Gasteiger partial charge in [-0.1, -0.05) is 6.07 Å². The average molecular weight is 282 g/mol. The van der Waals surface area contributed by atoms with E-state index in [0.717, 1.165) is 27.0 Å². The van der Waals surface area contributed by atoms with Gasteiger partial charge in [-0.25, -0.2) is 4.98 Å². The Bertz CT molecular complexity index is 772. The number of aryl methyl sites for hydroxylation is 2. The third kappa shape index (κ3) is 2.56. The van der Waals surface area contributed by atoms with E-state index in [1.807, 2.05) is 38.1 Å². The van der Waals surface area contributed by atoms with Gasteiger partial charge in [-0.2, -0.15) is 0 Å². The van der Waals surface area contributed by atoms with Crippen LogP contribution in [0.3, 0.4) is 0 Å². The van der Waals surface area contributed by atoms with Gasteiger partial charge in [0.15, 0.2) is 0 Å². The van der Waals surface area contributed by atoms with E-state index in [0.29, 0.717) is 5.56 Å². The molecule has 0 bridgehead atoms. The standard InChI is InChI=1S/C16H14N2OS/c1-10-5-11(2)7-13(6-10)18-16(19)12-3-4-14-15(8-12)20-9-17-14/h3-9H,1-2H3,(H,18,19). The molecule has 0 aliphatic carbocycles. The van der Waals surface area contributed by atoms with Crippen molar-refractivity contribution in [2.24, 2.45) is 0 Å². The Hall–Kier alpha value is -2.20. The number of nitrogens with zero attached hydrogens (tertiary/aromatic N) is 1. The van der Waals surface area contributed by atoms with Gasteiger partial charge in [0.05, 0.1) is 15.7 Å². The molecule has 0 aliphatic heterocycles. The van der Waals surface area contributed by atoms with Crippen LogP contribution in [0.25, 0.3) is 10.2 Å². The van der Waals surface area contributed by atoms with E-state index in [1.165, 1.54) is 11.3 Å². The maximum atomic E-state index is 12.3. The molecule has 0 spiro atoms. The van der Waals surface area contributed by atoms with Gasteiger partial charge < -0.3 is 5.32 Å². The van der Waals surface area contributed by atoms with E-state index in [1.54, 1.807) is 11.6 Å². The number of aromatic nitrogens is 1. The summed E-state index contributed by atoms with van der Waals surface area (Å²) in [4.78, 5) is 16.5. The van der Waals surface area contributed by atoms with Crippen molar-refractivity contribution in [3.05, 3.63) is 58.6 Å². The molecule has 0 atom stereocenters. The Morgan fingerprint density at radius 2 is 1.85 bits per heavy atom. The summed E-state index contributed by atoms with van der Waals surface area (Å²) in [5, 5.41) is 2.94. The van der Waals surface area contributed by atoms with Gasteiger partial charge in [0, 0.05) is 11.3 Å². The number of nitrogens with one attached hydrogen (secondary N) is 1. The molecule has 0 saturated heterocycles. The molecule has 20 heavy (non-hydrogen) atoms. The van der Waals surface area contributed by atoms with Crippen molar-refractivity contribution in [1.29, 1.82) is 0 Å². The second kappa shape index (κ2) is 5.06. The van der Waals surface area contributed by atoms with Crippen molar-refractivity contribution in [2.45, 2.75) is 13.8 Å². The van der Waals surface area contributed by atoms with Crippen LogP contribution in [0.2, 0.25) is 0 Å². The Labute approximate surface area is 121 Å². The molecule has 1 amide bonds. The molecule has 100 valence electrons. The molecule has 2 aromatic carbocycles. The topological polar surface area (TPSA) is 42.0 Å². The molecule has 3 nitrogen and oxygen atoms in total. The van der Waals surface area contributed by atoms with Gasteiger partial charge in [0.25, 0.3) is 5.91 Å². The number of carbonyl (C=O) groups excluding carboxylic acids is 1. The molecular weight excluding hydrogens is 268 g/mol. The highest BCUT2D eigenvalue weighted by molar-refractivity contribution is 7.16. The van der Waals surface area contributed by atoms with Crippen LogP contribution in [-0.4, -0.2) is 10.9 Å². The molecule has 1 N–H and O–H groups in total. The lowest BCUT2D eigenvalue weighted by atomic mass is 10.1. The van der Waals surface area contributed by atoms with Crippen LogP contribution in [0.4, 0.5) is 5.69 Å². The minimum Gasteiger partial charge on any atom is -0.322 e. The van der Waals surface area contributed by atoms with Crippen molar-refractivity contribution in [2.75, 3.05) is 5.32 Å². The van der Waals surface area contributed by atoms with Crippen molar-refractivity contribution in [3.63, 3.8) is 0 Å². The predicted molar refractivity (Wildman–Crippen MR) is 83.5 cm³/mol. The number of carbonyl (C=O) groups is 1. The van der Waals surface area contributed by atoms with Crippen molar-refractivity contribution < 1.29 is 4.79 Å². The van der Waals surface area contributed by atoms with Crippen molar-refractivity contribution in [1.82, 2.24) is 4.98 Å². The van der Waals surface area contributed by atoms with E-state index >= 15 is 0 Å². The summed E-state index contributed by atoms with van der Waals surface area (Å²) in [6.07, 6.45) is 0. The highest BCUT2D eigenvalue weighted by atomic mass is 32.1. The zero-order valence-corrected chi connectivity index (χ0v) is 12.1. The molecule has 0 saturated carbocycles. The van der Waals surface area contributed by atoms with Crippen LogP contribution in [0.15, 0.2) is 41.9 Å². The molecule has 4 heteroatoms. The first-order valence-electron chi connectivity index (χ1n) is 6.35. The van der Waals surface area contributed by atoms with Gasteiger partial charge in [-0.3, -0.25) is 4.79 Å². The minimum absolute atomic E-state index is 0.0923. The van der Waals surface area contributed by atoms with Gasteiger partial charge in [0.1, 0.15) is 0 Å². The molecule has 3 aromatic rings. The monoisotopic (exact) mass is 282 g/mol. The number of rotatable bonds is 2. The number of hydrogen-bond donors (Lipinski definition) is 1. The van der Waals surface area contributed by atoms with Gasteiger partial charge in [-0.15, -0.1) is 11.3 Å². The number of benzene rings is 2. The fourth-order valence-electron chi connectivity index (χ4n) is 2.25. The molecule has 1 heterocycles. The highest BCUT2D eigenvalue weighted by Crippen LogP contribution is 2.20. The first kappa shape index (κ1) is 12.8. The molecule has 0 fully saturated rings. The summed E-state index contributed by atoms with van der Waals surface area (Å²) in [6.45, 7) is 4.04. The fraction of sp³-hybridized carbons (Fsp3) is 0.125. The summed E-state index contributed by atoms with van der Waals surface area (Å²) in [7, 11) is 0. The zero-order chi connectivity index (χ0) is 14.1. The fourth-order valence-corrected chi connectivity index (χ4v) is 2.96. The van der Waals surface area contributed by atoms with E-state index in [9.17, 15) is 4.79 Å². The Balaban J connectivity index is 1.88. The predicted octanol–water partition coefficient (Wildman–Crippen LogP) is 4.17. The minimum atomic E-state index is -0.0923. The average Bonchev–Trinajstić information content (AvgIpc) is 2.84. The Morgan fingerprint density at radius 3 is 2.60 bits per heavy atom. The lowest BCUT2D eigenvalue weighted by molar-refractivity contribution is 0.102. The van der Waals surface area contributed by atoms with E-state index < -0.39 is 0 Å². The highest BCUT2D eigenvalue weighted by Gasteiger charge is 2.08. The smallest absolute Gasteiger partial charge is 0.255 e. The SMILES string of the molecule is Cc1cc(C)cc(NC(=O)c2ccc3ncsc3c2)c1. The Kier molecular flexibility index (Phi) is 3.24. The summed E-state index contributed by atoms with van der Waals surface area (Å²) in [5.74, 6) is -0.0923. The largest absolute Gasteiger partial charge is 0.322 e. The molecular formula is C16H14N2OS. The maximum Gasteiger partial charge on any atom is 0.255 e. The molecule has 0 aliphatic rings. The number of fused-ring (bicyclic) bond motifs is 1. The Morgan fingerprint density at radius 1 is 1.10 bits per heavy atom. The third-order valence-electron chi connectivity index (χ3n) is 3.07. The maximum absolute atomic E-state index is 12.3. The van der Waals surface area contributed by atoms with Gasteiger partial charge >= 0.3 is 0 Å². The second-order valence-corrected chi connectivity index (χ2v) is 5.75. The van der Waals surface area contributed by atoms with Crippen LogP contribution in [0, 0.1) is 13.8 Å². The molecule has 3 rings (SSSR count). The molecule has 1 aromatic heterocycles. The van der Waals surface area contributed by atoms with E-state index in [-0.39, 0.29) is 5.91 Å². The molecule has 0 unspecified atom stereocenters. The normalized spacial score (nSPS) is 10.7. The van der Waals surface area contributed by atoms with Crippen LogP contribution in [0.1, 0.15) is 21.5 Å². The molecule has 0 radical (unpaired) electrons. The summed E-state index contributed by atoms with van der Waals surface area (Å²) < 4.78 is 1.03. The van der Waals surface area contributed by atoms with Gasteiger partial charge in [0.2, 0.25) is 0 Å². The summed E-state index contributed by atoms with van der Waals surface area (Å²) in [5.41, 5.74) is 6.48. The second-order valence-electron chi connectivity index (χ2n) is 4.87. The van der Waals surface area contributed by atoms with Crippen LogP contribution in [-0.2, 0) is 0 Å². The van der Waals surface area contributed by atoms with E-state index in [4.69, 9.17) is 0 Å².